The number of carboxylic acid groups (broad SMARTS) is 1. The van der Waals surface area contributed by atoms with Crippen LogP contribution in [0.4, 0.5) is 0 Å². The van der Waals surface area contributed by atoms with Crippen molar-refractivity contribution in [3.63, 3.8) is 0 Å². The van der Waals surface area contributed by atoms with Crippen LogP contribution in [0.15, 0.2) is 0 Å². The number of rotatable bonds is 4. The summed E-state index contributed by atoms with van der Waals surface area (Å²) in [7, 11) is -4.72. The van der Waals surface area contributed by atoms with Crippen molar-refractivity contribution in [3.05, 3.63) is 0 Å². The zero-order chi connectivity index (χ0) is 9.07. The van der Waals surface area contributed by atoms with Crippen molar-refractivity contribution in [2.75, 3.05) is 0 Å². The smallest absolute Gasteiger partial charge is 0.391 e. The quantitative estimate of drug-likeness (QED) is 0.508. The Morgan fingerprint density at radius 2 is 1.64 bits per heavy atom. The van der Waals surface area contributed by atoms with E-state index in [1.54, 1.807) is 0 Å². The lowest BCUT2D eigenvalue weighted by Gasteiger charge is -1.98. The first kappa shape index (κ1) is 10.3. The van der Waals surface area contributed by atoms with Gasteiger partial charge in [0, 0.05) is 6.42 Å². The minimum atomic E-state index is -4.72. The van der Waals surface area contributed by atoms with Crippen LogP contribution in [-0.2, 0) is 14.2 Å². The van der Waals surface area contributed by atoms with Crippen molar-refractivity contribution in [1.82, 2.24) is 0 Å². The van der Waals surface area contributed by atoms with E-state index in [2.05, 4.69) is 0 Å². The van der Waals surface area contributed by atoms with Gasteiger partial charge in [-0.3, -0.25) is 14.2 Å². The van der Waals surface area contributed by atoms with E-state index in [-0.39, 0.29) is 0 Å². The van der Waals surface area contributed by atoms with Gasteiger partial charge in [-0.05, 0) is 0 Å². The normalized spacial score (nSPS) is 11.1. The van der Waals surface area contributed by atoms with E-state index in [4.69, 9.17) is 14.9 Å². The van der Waals surface area contributed by atoms with Crippen LogP contribution in [0.5, 0.6) is 0 Å². The zero-order valence-corrected chi connectivity index (χ0v) is 6.32. The van der Waals surface area contributed by atoms with Crippen molar-refractivity contribution < 1.29 is 29.0 Å². The Morgan fingerprint density at radius 1 is 1.18 bits per heavy atom. The van der Waals surface area contributed by atoms with Crippen molar-refractivity contribution in [3.8, 4) is 0 Å². The van der Waals surface area contributed by atoms with Gasteiger partial charge in [-0.2, -0.15) is 0 Å². The molecule has 0 spiro atoms. The highest BCUT2D eigenvalue weighted by atomic mass is 31.2. The van der Waals surface area contributed by atoms with Crippen LogP contribution in [0, 0.1) is 0 Å². The average Bonchev–Trinajstić information content (AvgIpc) is 1.80. The zero-order valence-electron chi connectivity index (χ0n) is 5.43. The molecule has 0 atom stereocenters. The van der Waals surface area contributed by atoms with Gasteiger partial charge in [-0.15, -0.1) is 0 Å². The van der Waals surface area contributed by atoms with Crippen LogP contribution in [0.2, 0.25) is 0 Å². The predicted molar refractivity (Wildman–Crippen MR) is 33.9 cm³/mol. The Labute approximate surface area is 62.0 Å². The van der Waals surface area contributed by atoms with Gasteiger partial charge in [0.15, 0.2) is 0 Å². The second-order valence-corrected chi connectivity index (χ2v) is 3.42. The van der Waals surface area contributed by atoms with E-state index in [1.807, 2.05) is 0 Å². The molecule has 0 saturated heterocycles. The van der Waals surface area contributed by atoms with Gasteiger partial charge >= 0.3 is 13.6 Å². The van der Waals surface area contributed by atoms with Crippen molar-refractivity contribution >= 4 is 19.1 Å². The van der Waals surface area contributed by atoms with Gasteiger partial charge in [-0.25, -0.2) is 0 Å². The highest BCUT2D eigenvalue weighted by Gasteiger charge is 2.25. The molecule has 11 heavy (non-hydrogen) atoms. The fraction of sp³-hybridized carbons (Fsp3) is 0.500. The van der Waals surface area contributed by atoms with Crippen LogP contribution < -0.4 is 0 Å². The van der Waals surface area contributed by atoms with Crippen LogP contribution >= 0.6 is 7.60 Å². The molecule has 0 amide bonds. The topological polar surface area (TPSA) is 112 Å². The molecule has 0 radical (unpaired) electrons. The second kappa shape index (κ2) is 3.61. The minimum Gasteiger partial charge on any atom is -0.481 e. The molecule has 0 saturated carbocycles. The second-order valence-electron chi connectivity index (χ2n) is 1.83. The van der Waals surface area contributed by atoms with Crippen LogP contribution in [0.3, 0.4) is 0 Å². The number of carbonyl (C=O) groups is 2. The van der Waals surface area contributed by atoms with Crippen molar-refractivity contribution in [2.24, 2.45) is 0 Å². The maximum absolute atomic E-state index is 10.3. The monoisotopic (exact) mass is 182 g/mol. The Balaban J connectivity index is 3.91. The molecule has 0 aliphatic rings. The van der Waals surface area contributed by atoms with Gasteiger partial charge in [0.2, 0.25) is 5.52 Å². The Morgan fingerprint density at radius 3 is 1.91 bits per heavy atom. The molecular weight excluding hydrogens is 175 g/mol. The van der Waals surface area contributed by atoms with E-state index in [9.17, 15) is 14.2 Å². The minimum absolute atomic E-state index is 0.552. The van der Waals surface area contributed by atoms with Gasteiger partial charge in [-0.1, -0.05) is 0 Å². The molecule has 0 aromatic carbocycles. The van der Waals surface area contributed by atoms with Crippen LogP contribution in [-0.4, -0.2) is 26.4 Å². The first-order valence-corrected chi connectivity index (χ1v) is 4.26. The molecule has 0 aliphatic carbocycles. The highest BCUT2D eigenvalue weighted by molar-refractivity contribution is 7.70. The van der Waals surface area contributed by atoms with E-state index in [0.29, 0.717) is 0 Å². The van der Waals surface area contributed by atoms with Gasteiger partial charge in [0.1, 0.15) is 0 Å². The summed E-state index contributed by atoms with van der Waals surface area (Å²) in [5.41, 5.74) is -1.33. The fourth-order valence-corrected chi connectivity index (χ4v) is 0.763. The number of aliphatic carboxylic acids is 1. The van der Waals surface area contributed by atoms with E-state index in [1.165, 1.54) is 0 Å². The molecule has 0 unspecified atom stereocenters. The third-order valence-electron chi connectivity index (χ3n) is 0.878. The molecular formula is C4H7O6P. The summed E-state index contributed by atoms with van der Waals surface area (Å²) in [5.74, 6) is -1.26. The van der Waals surface area contributed by atoms with Gasteiger partial charge < -0.3 is 14.9 Å². The molecule has 0 bridgehead atoms. The Kier molecular flexibility index (Phi) is 3.38. The average molecular weight is 182 g/mol. The number of carbonyl (C=O) groups excluding carboxylic acids is 1. The van der Waals surface area contributed by atoms with Gasteiger partial charge in [0.25, 0.3) is 0 Å². The molecule has 0 heterocycles. The number of hydrogen-bond acceptors (Lipinski definition) is 3. The third kappa shape index (κ3) is 4.66. The molecule has 0 fully saturated rings. The van der Waals surface area contributed by atoms with Crippen molar-refractivity contribution in [2.45, 2.75) is 12.8 Å². The van der Waals surface area contributed by atoms with Crippen LogP contribution in [0.25, 0.3) is 0 Å². The predicted octanol–water partition coefficient (Wildman–Crippen LogP) is -0.445. The third-order valence-corrected chi connectivity index (χ3v) is 1.75. The summed E-state index contributed by atoms with van der Waals surface area (Å²) in [5, 5.41) is 8.02. The summed E-state index contributed by atoms with van der Waals surface area (Å²) in [6.07, 6.45) is -1.18. The molecule has 64 valence electrons. The maximum atomic E-state index is 10.3. The van der Waals surface area contributed by atoms with Crippen molar-refractivity contribution in [1.29, 1.82) is 0 Å². The number of carboxylic acids is 1. The van der Waals surface area contributed by atoms with E-state index in [0.717, 1.165) is 0 Å². The van der Waals surface area contributed by atoms with E-state index < -0.39 is 31.9 Å². The molecule has 3 N–H and O–H groups in total. The fourth-order valence-electron chi connectivity index (χ4n) is 0.360. The lowest BCUT2D eigenvalue weighted by atomic mass is 10.3. The Hall–Kier alpha value is -0.710. The molecule has 0 aliphatic heterocycles. The largest absolute Gasteiger partial charge is 0.481 e. The molecule has 0 rings (SSSR count). The number of hydrogen-bond donors (Lipinski definition) is 3. The molecule has 0 aromatic rings. The first-order chi connectivity index (χ1) is 4.84. The molecule has 0 aromatic heterocycles. The summed E-state index contributed by atoms with van der Waals surface area (Å²) in [6.45, 7) is 0. The Bertz CT molecular complexity index is 215. The standard InChI is InChI=1S/C4H7O6P/c5-3(6)1-2-4(7)11(8,9)10/h1-2H2,(H,5,6)(H2,8,9,10). The lowest BCUT2D eigenvalue weighted by Crippen LogP contribution is -2.03. The summed E-state index contributed by atoms with van der Waals surface area (Å²) in [6, 6.07) is 0. The SMILES string of the molecule is O=C(O)CCC(=O)P(=O)(O)O. The summed E-state index contributed by atoms with van der Waals surface area (Å²) >= 11 is 0. The molecule has 6 nitrogen and oxygen atoms in total. The lowest BCUT2D eigenvalue weighted by molar-refractivity contribution is -0.138. The van der Waals surface area contributed by atoms with Crippen LogP contribution in [0.1, 0.15) is 12.8 Å². The maximum Gasteiger partial charge on any atom is 0.391 e. The summed E-state index contributed by atoms with van der Waals surface area (Å²) in [4.78, 5) is 36.5. The summed E-state index contributed by atoms with van der Waals surface area (Å²) < 4.78 is 10.1. The first-order valence-electron chi connectivity index (χ1n) is 2.65. The highest BCUT2D eigenvalue weighted by Crippen LogP contribution is 2.37. The van der Waals surface area contributed by atoms with Gasteiger partial charge in [0.05, 0.1) is 6.42 Å². The van der Waals surface area contributed by atoms with E-state index >= 15 is 0 Å². The molecule has 7 heteroatoms.